The summed E-state index contributed by atoms with van der Waals surface area (Å²) in [4.78, 5) is 8.43. The topological polar surface area (TPSA) is 82.5 Å². The van der Waals surface area contributed by atoms with Gasteiger partial charge in [0, 0.05) is 11.6 Å². The zero-order chi connectivity index (χ0) is 15.8. The number of nitrogen functional groups attached to an aromatic ring is 1. The van der Waals surface area contributed by atoms with Crippen LogP contribution in [0.15, 0.2) is 22.4 Å². The molecule has 6 nitrogen and oxygen atoms in total. The van der Waals surface area contributed by atoms with Crippen molar-refractivity contribution in [3.63, 3.8) is 0 Å². The predicted octanol–water partition coefficient (Wildman–Crippen LogP) is 2.25. The molecule has 2 aromatic rings. The van der Waals surface area contributed by atoms with Gasteiger partial charge in [-0.3, -0.25) is 0 Å². The highest BCUT2D eigenvalue weighted by atomic mass is 32.2. The number of rotatable bonds is 2. The Hall–Kier alpha value is -1.84. The Morgan fingerprint density at radius 3 is 2.38 bits per heavy atom. The van der Waals surface area contributed by atoms with Crippen LogP contribution in [-0.2, 0) is 11.6 Å². The lowest BCUT2D eigenvalue weighted by molar-refractivity contribution is -0.146. The molecule has 0 amide bonds. The monoisotopic (exact) mass is 318 g/mol. The first-order valence-electron chi connectivity index (χ1n) is 5.88. The molecule has 2 N–H and O–H groups in total. The second kappa shape index (κ2) is 5.17. The van der Waals surface area contributed by atoms with Crippen molar-refractivity contribution in [3.8, 4) is 0 Å². The van der Waals surface area contributed by atoms with Crippen LogP contribution in [0.3, 0.4) is 0 Å². The van der Waals surface area contributed by atoms with E-state index >= 15 is 0 Å². The summed E-state index contributed by atoms with van der Waals surface area (Å²) in [6.45, 7) is 5.80. The lowest BCUT2D eigenvalue weighted by Crippen LogP contribution is -2.21. The number of nitrogens with two attached hydrogens (primary N) is 1. The van der Waals surface area contributed by atoms with Crippen LogP contribution in [0, 0.1) is 0 Å². The van der Waals surface area contributed by atoms with Crippen molar-refractivity contribution in [2.45, 2.75) is 42.5 Å². The lowest BCUT2D eigenvalue weighted by atomic mass is 9.96. The van der Waals surface area contributed by atoms with E-state index in [0.29, 0.717) is 15.5 Å². The van der Waals surface area contributed by atoms with Crippen LogP contribution in [0.4, 0.5) is 13.2 Å². The molecular formula is C11H13F3N6S. The van der Waals surface area contributed by atoms with Crippen LogP contribution in [-0.4, -0.2) is 24.8 Å². The lowest BCUT2D eigenvalue weighted by Gasteiger charge is -2.16. The van der Waals surface area contributed by atoms with Gasteiger partial charge < -0.3 is 5.84 Å². The van der Waals surface area contributed by atoms with E-state index in [2.05, 4.69) is 20.2 Å². The van der Waals surface area contributed by atoms with Crippen LogP contribution in [0.2, 0.25) is 0 Å². The van der Waals surface area contributed by atoms with Gasteiger partial charge in [-0.15, -0.1) is 10.2 Å². The molecule has 2 heterocycles. The maximum atomic E-state index is 12.6. The Kier molecular flexibility index (Phi) is 3.83. The number of alkyl halides is 3. The zero-order valence-corrected chi connectivity index (χ0v) is 12.3. The summed E-state index contributed by atoms with van der Waals surface area (Å²) >= 11 is 0.895. The zero-order valence-electron chi connectivity index (χ0n) is 11.5. The van der Waals surface area contributed by atoms with Gasteiger partial charge in [-0.1, -0.05) is 20.8 Å². The van der Waals surface area contributed by atoms with E-state index in [1.807, 2.05) is 20.8 Å². The molecule has 0 bridgehead atoms. The Labute approximate surface area is 123 Å². The average molecular weight is 318 g/mol. The highest BCUT2D eigenvalue weighted by Crippen LogP contribution is 2.31. The summed E-state index contributed by atoms with van der Waals surface area (Å²) in [5, 5.41) is 6.84. The normalized spacial score (nSPS) is 12.7. The first kappa shape index (κ1) is 15.5. The van der Waals surface area contributed by atoms with Gasteiger partial charge in [-0.2, -0.15) is 13.2 Å². The van der Waals surface area contributed by atoms with Gasteiger partial charge in [-0.05, 0) is 17.8 Å². The molecule has 21 heavy (non-hydrogen) atoms. The number of halogens is 3. The first-order chi connectivity index (χ1) is 9.59. The van der Waals surface area contributed by atoms with E-state index in [1.165, 1.54) is 6.20 Å². The highest BCUT2D eigenvalue weighted by molar-refractivity contribution is 7.99. The Bertz CT molecular complexity index is 646. The number of aromatic nitrogens is 5. The van der Waals surface area contributed by atoms with Gasteiger partial charge in [-0.25, -0.2) is 14.6 Å². The van der Waals surface area contributed by atoms with Gasteiger partial charge in [0.2, 0.25) is 5.16 Å². The van der Waals surface area contributed by atoms with Crippen LogP contribution in [0.5, 0.6) is 0 Å². The third-order valence-electron chi connectivity index (χ3n) is 2.41. The van der Waals surface area contributed by atoms with Crippen molar-refractivity contribution in [3.05, 3.63) is 23.9 Å². The first-order valence-corrected chi connectivity index (χ1v) is 6.70. The quantitative estimate of drug-likeness (QED) is 0.675. The van der Waals surface area contributed by atoms with Gasteiger partial charge in [0.1, 0.15) is 10.9 Å². The molecule has 0 saturated heterocycles. The maximum absolute atomic E-state index is 12.6. The fourth-order valence-corrected chi connectivity index (χ4v) is 2.11. The van der Waals surface area contributed by atoms with E-state index in [1.54, 1.807) is 6.07 Å². The van der Waals surface area contributed by atoms with Crippen molar-refractivity contribution >= 4 is 11.8 Å². The highest BCUT2D eigenvalue weighted by Gasteiger charge is 2.38. The van der Waals surface area contributed by atoms with E-state index in [9.17, 15) is 13.2 Å². The smallest absolute Gasteiger partial charge is 0.335 e. The van der Waals surface area contributed by atoms with Gasteiger partial charge in [0.15, 0.2) is 0 Å². The fraction of sp³-hybridized carbons (Fsp3) is 0.455. The van der Waals surface area contributed by atoms with Crippen LogP contribution in [0.25, 0.3) is 0 Å². The SMILES string of the molecule is CC(C)(C)c1nccc(Sc2nnc(C(F)(F)F)n2N)n1. The Morgan fingerprint density at radius 2 is 1.86 bits per heavy atom. The molecule has 0 saturated carbocycles. The molecule has 0 aliphatic rings. The second-order valence-corrected chi connectivity index (χ2v) is 6.23. The summed E-state index contributed by atoms with van der Waals surface area (Å²) < 4.78 is 38.2. The van der Waals surface area contributed by atoms with Crippen LogP contribution >= 0.6 is 11.8 Å². The minimum Gasteiger partial charge on any atom is -0.335 e. The summed E-state index contributed by atoms with van der Waals surface area (Å²) in [6, 6.07) is 1.57. The molecule has 2 rings (SSSR count). The van der Waals surface area contributed by atoms with E-state index in [0.717, 1.165) is 11.8 Å². The maximum Gasteiger partial charge on any atom is 0.453 e. The minimum atomic E-state index is -4.65. The van der Waals surface area contributed by atoms with E-state index in [4.69, 9.17) is 5.84 Å². The van der Waals surface area contributed by atoms with E-state index < -0.39 is 12.0 Å². The molecule has 0 atom stereocenters. The molecule has 0 aliphatic heterocycles. The molecular weight excluding hydrogens is 305 g/mol. The standard InChI is InChI=1S/C11H13F3N6S/c1-10(2,3)7-16-5-4-6(17-7)21-9-19-18-8(20(9)15)11(12,13)14/h4-5H,15H2,1-3H3. The van der Waals surface area contributed by atoms with Crippen LogP contribution in [0.1, 0.15) is 32.4 Å². The average Bonchev–Trinajstić information content (AvgIpc) is 2.70. The molecule has 0 spiro atoms. The summed E-state index contributed by atoms with van der Waals surface area (Å²) in [5.41, 5.74) is -0.274. The molecule has 2 aromatic heterocycles. The number of hydrogen-bond donors (Lipinski definition) is 1. The van der Waals surface area contributed by atoms with Gasteiger partial charge in [0.05, 0.1) is 0 Å². The molecule has 0 aliphatic carbocycles. The molecule has 114 valence electrons. The van der Waals surface area contributed by atoms with Crippen molar-refractivity contribution in [2.24, 2.45) is 0 Å². The predicted molar refractivity (Wildman–Crippen MR) is 70.0 cm³/mol. The van der Waals surface area contributed by atoms with Crippen molar-refractivity contribution in [1.29, 1.82) is 0 Å². The molecule has 0 aromatic carbocycles. The molecule has 0 fully saturated rings. The molecule has 10 heteroatoms. The third-order valence-corrected chi connectivity index (χ3v) is 3.31. The largest absolute Gasteiger partial charge is 0.453 e. The fourth-order valence-electron chi connectivity index (χ4n) is 1.39. The van der Waals surface area contributed by atoms with Crippen LogP contribution < -0.4 is 5.84 Å². The summed E-state index contributed by atoms with van der Waals surface area (Å²) in [5.74, 6) is 4.69. The summed E-state index contributed by atoms with van der Waals surface area (Å²) in [7, 11) is 0. The number of hydrogen-bond acceptors (Lipinski definition) is 6. The second-order valence-electron chi connectivity index (χ2n) is 5.24. The van der Waals surface area contributed by atoms with E-state index in [-0.39, 0.29) is 10.6 Å². The Balaban J connectivity index is 2.30. The van der Waals surface area contributed by atoms with Crippen molar-refractivity contribution in [2.75, 3.05) is 5.84 Å². The molecule has 0 radical (unpaired) electrons. The Morgan fingerprint density at radius 1 is 1.19 bits per heavy atom. The van der Waals surface area contributed by atoms with Gasteiger partial charge >= 0.3 is 6.18 Å². The molecule has 0 unspecified atom stereocenters. The van der Waals surface area contributed by atoms with Gasteiger partial charge in [0.25, 0.3) is 5.82 Å². The van der Waals surface area contributed by atoms with Crippen molar-refractivity contribution < 1.29 is 13.2 Å². The minimum absolute atomic E-state index is 0.0964. The number of nitrogens with zero attached hydrogens (tertiary/aromatic N) is 5. The van der Waals surface area contributed by atoms with Crippen molar-refractivity contribution in [1.82, 2.24) is 24.8 Å². The summed E-state index contributed by atoms with van der Waals surface area (Å²) in [6.07, 6.45) is -3.11. The third kappa shape index (κ3) is 3.43.